The molecule has 3 aromatic rings. The van der Waals surface area contributed by atoms with Crippen LogP contribution in [0.1, 0.15) is 17.5 Å². The average Bonchev–Trinajstić information content (AvgIpc) is 2.69. The molecule has 0 unspecified atom stereocenters. The molecule has 0 saturated carbocycles. The summed E-state index contributed by atoms with van der Waals surface area (Å²) in [7, 11) is -3.64. The van der Waals surface area contributed by atoms with E-state index in [1.807, 2.05) is 56.3 Å². The Hall–Kier alpha value is -3.19. The van der Waals surface area contributed by atoms with Gasteiger partial charge in [0.05, 0.1) is 17.1 Å². The highest BCUT2D eigenvalue weighted by Gasteiger charge is 2.18. The second-order valence-corrected chi connectivity index (χ2v) is 9.27. The first kappa shape index (κ1) is 21.5. The van der Waals surface area contributed by atoms with Crippen LogP contribution in [0.4, 0.5) is 5.69 Å². The zero-order valence-corrected chi connectivity index (χ0v) is 17.7. The Morgan fingerprint density at radius 3 is 2.27 bits per heavy atom. The standard InChI is InChI=1S/C23H23NO5S/c1-16-11-17(2)13-20(12-16)24-22(25)15-29-23(26)9-10-30(27,28)21-8-7-18-5-3-4-6-19(18)14-21/h3-8,11-14H,9-10,15H2,1-2H3,(H,24,25). The fourth-order valence-electron chi connectivity index (χ4n) is 3.16. The molecule has 1 amide bonds. The maximum Gasteiger partial charge on any atom is 0.307 e. The monoisotopic (exact) mass is 425 g/mol. The van der Waals surface area contributed by atoms with Crippen LogP contribution in [0.5, 0.6) is 0 Å². The van der Waals surface area contributed by atoms with Gasteiger partial charge >= 0.3 is 5.97 Å². The van der Waals surface area contributed by atoms with E-state index in [1.165, 1.54) is 6.07 Å². The molecule has 0 heterocycles. The molecule has 30 heavy (non-hydrogen) atoms. The molecule has 7 heteroatoms. The third-order valence-electron chi connectivity index (χ3n) is 4.52. The Kier molecular flexibility index (Phi) is 6.52. The van der Waals surface area contributed by atoms with Crippen molar-refractivity contribution < 1.29 is 22.7 Å². The molecule has 0 bridgehead atoms. The second kappa shape index (κ2) is 9.09. The summed E-state index contributed by atoms with van der Waals surface area (Å²) in [6.07, 6.45) is -0.327. The molecule has 3 aromatic carbocycles. The van der Waals surface area contributed by atoms with E-state index >= 15 is 0 Å². The second-order valence-electron chi connectivity index (χ2n) is 7.16. The van der Waals surface area contributed by atoms with Crippen molar-refractivity contribution in [3.63, 3.8) is 0 Å². The lowest BCUT2D eigenvalue weighted by Crippen LogP contribution is -2.22. The molecule has 0 atom stereocenters. The van der Waals surface area contributed by atoms with Gasteiger partial charge in [0, 0.05) is 5.69 Å². The van der Waals surface area contributed by atoms with Gasteiger partial charge in [-0.2, -0.15) is 0 Å². The first-order valence-corrected chi connectivity index (χ1v) is 11.1. The molecule has 0 aromatic heterocycles. The number of nitrogens with one attached hydrogen (secondary N) is 1. The van der Waals surface area contributed by atoms with Crippen molar-refractivity contribution in [3.8, 4) is 0 Å². The first-order chi connectivity index (χ1) is 14.2. The Morgan fingerprint density at radius 2 is 1.57 bits per heavy atom. The van der Waals surface area contributed by atoms with Crippen LogP contribution in [0.2, 0.25) is 0 Å². The van der Waals surface area contributed by atoms with E-state index in [0.29, 0.717) is 5.69 Å². The van der Waals surface area contributed by atoms with Gasteiger partial charge in [-0.3, -0.25) is 9.59 Å². The van der Waals surface area contributed by atoms with Crippen LogP contribution in [0.3, 0.4) is 0 Å². The predicted octanol–water partition coefficient (Wildman–Crippen LogP) is 3.80. The van der Waals surface area contributed by atoms with Gasteiger partial charge in [0.1, 0.15) is 0 Å². The minimum absolute atomic E-state index is 0.154. The Bertz CT molecular complexity index is 1180. The summed E-state index contributed by atoms with van der Waals surface area (Å²) in [5.74, 6) is -1.61. The Morgan fingerprint density at radius 1 is 0.900 bits per heavy atom. The van der Waals surface area contributed by atoms with E-state index in [-0.39, 0.29) is 17.1 Å². The summed E-state index contributed by atoms with van der Waals surface area (Å²) in [4.78, 5) is 24.1. The number of benzene rings is 3. The molecule has 0 spiro atoms. The smallest absolute Gasteiger partial charge is 0.307 e. The van der Waals surface area contributed by atoms with Crippen LogP contribution in [0.25, 0.3) is 10.8 Å². The van der Waals surface area contributed by atoms with Gasteiger partial charge in [-0.1, -0.05) is 36.4 Å². The molecular weight excluding hydrogens is 402 g/mol. The number of rotatable bonds is 7. The van der Waals surface area contributed by atoms with Crippen LogP contribution in [0, 0.1) is 13.8 Å². The van der Waals surface area contributed by atoms with Crippen molar-refractivity contribution in [1.82, 2.24) is 0 Å². The number of esters is 1. The highest BCUT2D eigenvalue weighted by atomic mass is 32.2. The minimum Gasteiger partial charge on any atom is -0.456 e. The van der Waals surface area contributed by atoms with Crippen LogP contribution in [0.15, 0.2) is 65.6 Å². The number of fused-ring (bicyclic) bond motifs is 1. The number of anilines is 1. The summed E-state index contributed by atoms with van der Waals surface area (Å²) in [5.41, 5.74) is 2.62. The fourth-order valence-corrected chi connectivity index (χ4v) is 4.41. The molecule has 6 nitrogen and oxygen atoms in total. The molecule has 156 valence electrons. The van der Waals surface area contributed by atoms with Crippen molar-refractivity contribution in [2.75, 3.05) is 17.7 Å². The number of hydrogen-bond acceptors (Lipinski definition) is 5. The topological polar surface area (TPSA) is 89.5 Å². The zero-order valence-electron chi connectivity index (χ0n) is 16.8. The summed E-state index contributed by atoms with van der Waals surface area (Å²) in [6, 6.07) is 17.9. The van der Waals surface area contributed by atoms with Crippen molar-refractivity contribution >= 4 is 38.2 Å². The number of sulfone groups is 1. The van der Waals surface area contributed by atoms with E-state index in [9.17, 15) is 18.0 Å². The number of hydrogen-bond donors (Lipinski definition) is 1. The molecule has 0 saturated heterocycles. The van der Waals surface area contributed by atoms with Gasteiger partial charge in [-0.05, 0) is 60.0 Å². The van der Waals surface area contributed by atoms with E-state index in [2.05, 4.69) is 5.32 Å². The molecule has 0 radical (unpaired) electrons. The van der Waals surface area contributed by atoms with E-state index in [4.69, 9.17) is 4.74 Å². The van der Waals surface area contributed by atoms with Gasteiger partial charge in [0.2, 0.25) is 0 Å². The van der Waals surface area contributed by atoms with Crippen LogP contribution < -0.4 is 5.32 Å². The Balaban J connectivity index is 1.52. The van der Waals surface area contributed by atoms with E-state index < -0.39 is 28.3 Å². The summed E-state index contributed by atoms with van der Waals surface area (Å²) in [5, 5.41) is 4.41. The van der Waals surface area contributed by atoms with Crippen molar-refractivity contribution in [2.45, 2.75) is 25.2 Å². The highest BCUT2D eigenvalue weighted by molar-refractivity contribution is 7.91. The third kappa shape index (κ3) is 5.67. The molecule has 0 fully saturated rings. The first-order valence-electron chi connectivity index (χ1n) is 9.48. The normalized spacial score (nSPS) is 11.3. The number of carbonyl (C=O) groups excluding carboxylic acids is 2. The molecule has 0 aliphatic rings. The lowest BCUT2D eigenvalue weighted by atomic mass is 10.1. The Labute approximate surface area is 175 Å². The number of aryl methyl sites for hydroxylation is 2. The van der Waals surface area contributed by atoms with Crippen LogP contribution in [-0.2, 0) is 24.2 Å². The summed E-state index contributed by atoms with van der Waals surface area (Å²) in [6.45, 7) is 3.36. The van der Waals surface area contributed by atoms with E-state index in [1.54, 1.807) is 12.1 Å². The fraction of sp³-hybridized carbons (Fsp3) is 0.217. The van der Waals surface area contributed by atoms with Gasteiger partial charge < -0.3 is 10.1 Å². The van der Waals surface area contributed by atoms with Crippen molar-refractivity contribution in [2.24, 2.45) is 0 Å². The maximum absolute atomic E-state index is 12.5. The minimum atomic E-state index is -3.64. The third-order valence-corrected chi connectivity index (χ3v) is 6.24. The molecule has 0 aliphatic carbocycles. The van der Waals surface area contributed by atoms with Crippen LogP contribution >= 0.6 is 0 Å². The molecule has 1 N–H and O–H groups in total. The SMILES string of the molecule is Cc1cc(C)cc(NC(=O)COC(=O)CCS(=O)(=O)c2ccc3ccccc3c2)c1. The zero-order chi connectivity index (χ0) is 21.7. The largest absolute Gasteiger partial charge is 0.456 e. The predicted molar refractivity (Wildman–Crippen MR) is 116 cm³/mol. The molecular formula is C23H23NO5S. The van der Waals surface area contributed by atoms with Gasteiger partial charge in [-0.15, -0.1) is 0 Å². The van der Waals surface area contributed by atoms with Crippen molar-refractivity contribution in [3.05, 3.63) is 71.8 Å². The van der Waals surface area contributed by atoms with E-state index in [0.717, 1.165) is 21.9 Å². The number of carbonyl (C=O) groups is 2. The lowest BCUT2D eigenvalue weighted by Gasteiger charge is -2.09. The summed E-state index contributed by atoms with van der Waals surface area (Å²) >= 11 is 0. The van der Waals surface area contributed by atoms with Gasteiger partial charge in [0.15, 0.2) is 16.4 Å². The quantitative estimate of drug-likeness (QED) is 0.582. The maximum atomic E-state index is 12.5. The molecule has 0 aliphatic heterocycles. The van der Waals surface area contributed by atoms with Crippen molar-refractivity contribution in [1.29, 1.82) is 0 Å². The summed E-state index contributed by atoms with van der Waals surface area (Å²) < 4.78 is 30.0. The average molecular weight is 426 g/mol. The van der Waals surface area contributed by atoms with Gasteiger partial charge in [0.25, 0.3) is 5.91 Å². The highest BCUT2D eigenvalue weighted by Crippen LogP contribution is 2.20. The van der Waals surface area contributed by atoms with Crippen LogP contribution in [-0.4, -0.2) is 32.7 Å². The van der Waals surface area contributed by atoms with Gasteiger partial charge in [-0.25, -0.2) is 8.42 Å². The molecule has 3 rings (SSSR count). The number of ether oxygens (including phenoxy) is 1. The number of amides is 1. The lowest BCUT2D eigenvalue weighted by molar-refractivity contribution is -0.146.